The van der Waals surface area contributed by atoms with Crippen LogP contribution in [0.15, 0.2) is 34.8 Å². The number of rotatable bonds is 5. The van der Waals surface area contributed by atoms with Gasteiger partial charge in [-0.25, -0.2) is 0 Å². The molecule has 0 saturated carbocycles. The van der Waals surface area contributed by atoms with E-state index >= 15 is 0 Å². The van der Waals surface area contributed by atoms with Crippen molar-refractivity contribution in [3.05, 3.63) is 44.6 Å². The highest BCUT2D eigenvalue weighted by Crippen LogP contribution is 2.32. The van der Waals surface area contributed by atoms with Gasteiger partial charge in [0.1, 0.15) is 5.75 Å². The van der Waals surface area contributed by atoms with Crippen molar-refractivity contribution in [3.63, 3.8) is 0 Å². The SMILES string of the molecule is COc1cccc(NC(CO)c2cc(Br)c(C)s2)c1. The lowest BCUT2D eigenvalue weighted by molar-refractivity contribution is 0.277. The molecule has 0 aliphatic heterocycles. The van der Waals surface area contributed by atoms with Gasteiger partial charge in [0, 0.05) is 26.0 Å². The maximum atomic E-state index is 9.57. The maximum absolute atomic E-state index is 9.57. The third-order valence-electron chi connectivity index (χ3n) is 2.81. The van der Waals surface area contributed by atoms with Gasteiger partial charge in [-0.15, -0.1) is 11.3 Å². The van der Waals surface area contributed by atoms with Crippen LogP contribution in [-0.2, 0) is 0 Å². The lowest BCUT2D eigenvalue weighted by atomic mass is 10.2. The first-order chi connectivity index (χ1) is 9.13. The highest BCUT2D eigenvalue weighted by molar-refractivity contribution is 9.10. The molecule has 102 valence electrons. The molecule has 19 heavy (non-hydrogen) atoms. The number of hydrogen-bond acceptors (Lipinski definition) is 4. The molecule has 1 unspecified atom stereocenters. The Morgan fingerprint density at radius 1 is 1.42 bits per heavy atom. The molecule has 0 amide bonds. The molecule has 2 aromatic rings. The van der Waals surface area contributed by atoms with Gasteiger partial charge in [-0.1, -0.05) is 6.07 Å². The zero-order valence-corrected chi connectivity index (χ0v) is 13.2. The number of halogens is 1. The molecular weight excluding hydrogens is 326 g/mol. The minimum atomic E-state index is -0.109. The van der Waals surface area contributed by atoms with E-state index in [1.54, 1.807) is 18.4 Å². The van der Waals surface area contributed by atoms with Gasteiger partial charge in [-0.3, -0.25) is 0 Å². The number of methoxy groups -OCH3 is 1. The molecule has 1 aromatic carbocycles. The first-order valence-corrected chi connectivity index (χ1v) is 7.52. The van der Waals surface area contributed by atoms with Crippen LogP contribution in [-0.4, -0.2) is 18.8 Å². The standard InChI is InChI=1S/C14H16BrNO2S/c1-9-12(15)7-14(19-9)13(8-17)16-10-4-3-5-11(6-10)18-2/h3-7,13,16-17H,8H2,1-2H3. The Hall–Kier alpha value is -1.04. The summed E-state index contributed by atoms with van der Waals surface area (Å²) in [5, 5.41) is 12.9. The number of aliphatic hydroxyl groups is 1. The Kier molecular flexibility index (Phi) is 4.85. The Bertz CT molecular complexity index is 537. The predicted octanol–water partition coefficient (Wildman–Crippen LogP) is 3.97. The largest absolute Gasteiger partial charge is 0.497 e. The third-order valence-corrected chi connectivity index (χ3v) is 5.06. The second-order valence-electron chi connectivity index (χ2n) is 4.16. The van der Waals surface area contributed by atoms with E-state index in [1.807, 2.05) is 30.3 Å². The molecule has 0 fully saturated rings. The second kappa shape index (κ2) is 6.41. The van der Waals surface area contributed by atoms with Crippen molar-refractivity contribution in [2.75, 3.05) is 19.0 Å². The minimum absolute atomic E-state index is 0.0452. The Labute approximate surface area is 125 Å². The fraction of sp³-hybridized carbons (Fsp3) is 0.286. The highest BCUT2D eigenvalue weighted by Gasteiger charge is 2.14. The van der Waals surface area contributed by atoms with Crippen LogP contribution in [0.3, 0.4) is 0 Å². The van der Waals surface area contributed by atoms with E-state index in [-0.39, 0.29) is 12.6 Å². The van der Waals surface area contributed by atoms with Crippen LogP contribution in [0.5, 0.6) is 5.75 Å². The zero-order chi connectivity index (χ0) is 13.8. The lowest BCUT2D eigenvalue weighted by Crippen LogP contribution is -2.13. The van der Waals surface area contributed by atoms with Crippen LogP contribution in [0, 0.1) is 6.92 Å². The monoisotopic (exact) mass is 341 g/mol. The summed E-state index contributed by atoms with van der Waals surface area (Å²) in [6.45, 7) is 2.10. The number of aliphatic hydroxyl groups excluding tert-OH is 1. The minimum Gasteiger partial charge on any atom is -0.497 e. The first kappa shape index (κ1) is 14.4. The van der Waals surface area contributed by atoms with Gasteiger partial charge in [0.05, 0.1) is 19.8 Å². The van der Waals surface area contributed by atoms with Gasteiger partial charge in [0.15, 0.2) is 0 Å². The normalized spacial score (nSPS) is 12.2. The summed E-state index contributed by atoms with van der Waals surface area (Å²) in [6.07, 6.45) is 0. The predicted molar refractivity (Wildman–Crippen MR) is 83.2 cm³/mol. The molecule has 0 spiro atoms. The van der Waals surface area contributed by atoms with Crippen LogP contribution >= 0.6 is 27.3 Å². The average molecular weight is 342 g/mol. The maximum Gasteiger partial charge on any atom is 0.120 e. The molecule has 0 saturated heterocycles. The quantitative estimate of drug-likeness (QED) is 0.864. The zero-order valence-electron chi connectivity index (χ0n) is 10.8. The summed E-state index contributed by atoms with van der Waals surface area (Å²) < 4.78 is 6.27. The molecule has 5 heteroatoms. The van der Waals surface area contributed by atoms with Crippen LogP contribution in [0.25, 0.3) is 0 Å². The van der Waals surface area contributed by atoms with E-state index in [1.165, 1.54) is 4.88 Å². The van der Waals surface area contributed by atoms with Crippen molar-refractivity contribution >= 4 is 33.0 Å². The highest BCUT2D eigenvalue weighted by atomic mass is 79.9. The number of ether oxygens (including phenoxy) is 1. The van der Waals surface area contributed by atoms with E-state index < -0.39 is 0 Å². The van der Waals surface area contributed by atoms with E-state index in [0.29, 0.717) is 0 Å². The smallest absolute Gasteiger partial charge is 0.120 e. The van der Waals surface area contributed by atoms with Crippen molar-refractivity contribution in [1.82, 2.24) is 0 Å². The molecule has 1 atom stereocenters. The van der Waals surface area contributed by atoms with E-state index in [0.717, 1.165) is 20.8 Å². The molecule has 2 rings (SSSR count). The van der Waals surface area contributed by atoms with Gasteiger partial charge in [0.25, 0.3) is 0 Å². The van der Waals surface area contributed by atoms with Crippen LogP contribution in [0.1, 0.15) is 15.8 Å². The number of benzene rings is 1. The number of thiophene rings is 1. The summed E-state index contributed by atoms with van der Waals surface area (Å²) in [4.78, 5) is 2.32. The molecule has 1 heterocycles. The Morgan fingerprint density at radius 3 is 2.79 bits per heavy atom. The van der Waals surface area contributed by atoms with Gasteiger partial charge in [-0.05, 0) is 41.1 Å². The van der Waals surface area contributed by atoms with Gasteiger partial charge in [0.2, 0.25) is 0 Å². The summed E-state index contributed by atoms with van der Waals surface area (Å²) >= 11 is 5.18. The van der Waals surface area contributed by atoms with Gasteiger partial charge < -0.3 is 15.2 Å². The van der Waals surface area contributed by atoms with Crippen molar-refractivity contribution in [1.29, 1.82) is 0 Å². The first-order valence-electron chi connectivity index (χ1n) is 5.91. The number of anilines is 1. The molecule has 3 nitrogen and oxygen atoms in total. The topological polar surface area (TPSA) is 41.5 Å². The summed E-state index contributed by atoms with van der Waals surface area (Å²) in [7, 11) is 1.64. The fourth-order valence-corrected chi connectivity index (χ4v) is 3.38. The van der Waals surface area contributed by atoms with Crippen LogP contribution in [0.4, 0.5) is 5.69 Å². The summed E-state index contributed by atoms with van der Waals surface area (Å²) in [5.74, 6) is 0.797. The van der Waals surface area contributed by atoms with Crippen molar-refractivity contribution in [2.24, 2.45) is 0 Å². The number of aryl methyl sites for hydroxylation is 1. The molecular formula is C14H16BrNO2S. The lowest BCUT2D eigenvalue weighted by Gasteiger charge is -2.16. The molecule has 0 aliphatic carbocycles. The van der Waals surface area contributed by atoms with E-state index in [4.69, 9.17) is 4.74 Å². The van der Waals surface area contributed by atoms with Crippen molar-refractivity contribution in [2.45, 2.75) is 13.0 Å². The van der Waals surface area contributed by atoms with E-state index in [9.17, 15) is 5.11 Å². The molecule has 0 radical (unpaired) electrons. The van der Waals surface area contributed by atoms with Crippen LogP contribution in [0.2, 0.25) is 0 Å². The average Bonchev–Trinajstić information content (AvgIpc) is 2.76. The molecule has 1 aromatic heterocycles. The summed E-state index contributed by atoms with van der Waals surface area (Å²) in [5.41, 5.74) is 0.931. The molecule has 2 N–H and O–H groups in total. The Morgan fingerprint density at radius 2 is 2.21 bits per heavy atom. The molecule has 0 aliphatic rings. The van der Waals surface area contributed by atoms with Gasteiger partial charge >= 0.3 is 0 Å². The van der Waals surface area contributed by atoms with Crippen LogP contribution < -0.4 is 10.1 Å². The number of nitrogens with one attached hydrogen (secondary N) is 1. The number of hydrogen-bond donors (Lipinski definition) is 2. The van der Waals surface area contributed by atoms with Gasteiger partial charge in [-0.2, -0.15) is 0 Å². The van der Waals surface area contributed by atoms with E-state index in [2.05, 4.69) is 28.2 Å². The Balaban J connectivity index is 2.18. The van der Waals surface area contributed by atoms with Crippen molar-refractivity contribution < 1.29 is 9.84 Å². The molecule has 0 bridgehead atoms. The third kappa shape index (κ3) is 3.49. The fourth-order valence-electron chi connectivity index (χ4n) is 1.77. The second-order valence-corrected chi connectivity index (χ2v) is 6.31. The summed E-state index contributed by atoms with van der Waals surface area (Å²) in [6, 6.07) is 9.63. The van der Waals surface area contributed by atoms with Crippen molar-refractivity contribution in [3.8, 4) is 5.75 Å².